The van der Waals surface area contributed by atoms with Gasteiger partial charge >= 0.3 is 0 Å². The minimum absolute atomic E-state index is 0.609. The molecule has 72 heavy (non-hydrogen) atoms. The molecule has 0 aliphatic heterocycles. The molecule has 6 nitrogen and oxygen atoms in total. The summed E-state index contributed by atoms with van der Waals surface area (Å²) in [5.41, 5.74) is 16.1. The maximum Gasteiger partial charge on any atom is 0.0991 e. The zero-order valence-electron chi connectivity index (χ0n) is 38.9. The smallest absolute Gasteiger partial charge is 0.0991 e. The highest BCUT2D eigenvalue weighted by molar-refractivity contribution is 6.13. The third-order valence-electron chi connectivity index (χ3n) is 13.9. The maximum absolute atomic E-state index is 9.81. The van der Waals surface area contributed by atoms with Crippen molar-refractivity contribution in [2.75, 3.05) is 9.80 Å². The molecule has 0 spiro atoms. The Balaban J connectivity index is 0.929. The quantitative estimate of drug-likeness (QED) is 0.145. The average Bonchev–Trinajstić information content (AvgIpc) is 3.97. The Hall–Kier alpha value is -10.1. The van der Waals surface area contributed by atoms with Crippen LogP contribution in [0.4, 0.5) is 34.1 Å². The van der Waals surface area contributed by atoms with Gasteiger partial charge in [0.15, 0.2) is 0 Å². The van der Waals surface area contributed by atoms with Gasteiger partial charge in [0.2, 0.25) is 0 Å². The van der Waals surface area contributed by atoms with Crippen molar-refractivity contribution >= 4 is 88.5 Å². The molecule has 11 aromatic carbocycles. The van der Waals surface area contributed by atoms with Gasteiger partial charge in [0, 0.05) is 66.7 Å². The lowest BCUT2D eigenvalue weighted by Gasteiger charge is -2.28. The van der Waals surface area contributed by atoms with Crippen molar-refractivity contribution in [3.8, 4) is 34.6 Å². The van der Waals surface area contributed by atoms with E-state index in [4.69, 9.17) is 0 Å². The van der Waals surface area contributed by atoms with E-state index < -0.39 is 0 Å². The third-order valence-corrected chi connectivity index (χ3v) is 13.9. The van der Waals surface area contributed by atoms with E-state index in [1.165, 1.54) is 10.8 Å². The predicted octanol–water partition coefficient (Wildman–Crippen LogP) is 17.4. The summed E-state index contributed by atoms with van der Waals surface area (Å²) < 4.78 is 4.67. The van der Waals surface area contributed by atoms with Crippen LogP contribution in [0.1, 0.15) is 11.1 Å². The van der Waals surface area contributed by atoms with Crippen LogP contribution in [-0.4, -0.2) is 9.13 Å². The summed E-state index contributed by atoms with van der Waals surface area (Å²) >= 11 is 0. The summed E-state index contributed by atoms with van der Waals surface area (Å²) in [6.45, 7) is 0. The summed E-state index contributed by atoms with van der Waals surface area (Å²) in [7, 11) is 0. The molecule has 0 fully saturated rings. The van der Waals surface area contributed by atoms with Crippen LogP contribution in [0.2, 0.25) is 0 Å². The Labute approximate surface area is 416 Å². The van der Waals surface area contributed by atoms with Crippen LogP contribution in [-0.2, 0) is 0 Å². The van der Waals surface area contributed by atoms with Gasteiger partial charge in [-0.1, -0.05) is 115 Å². The Bertz CT molecular complexity index is 4270. The Morgan fingerprint density at radius 2 is 0.681 bits per heavy atom. The van der Waals surface area contributed by atoms with Crippen molar-refractivity contribution < 1.29 is 0 Å². The first-order valence-corrected chi connectivity index (χ1v) is 24.0. The molecule has 6 heteroatoms. The average molecular weight is 919 g/mol. The first-order chi connectivity index (χ1) is 35.6. The van der Waals surface area contributed by atoms with Gasteiger partial charge in [0.25, 0.3) is 0 Å². The molecular weight excluding hydrogens is 877 g/mol. The second-order valence-corrected chi connectivity index (χ2v) is 18.0. The van der Waals surface area contributed by atoms with E-state index in [-0.39, 0.29) is 0 Å². The lowest BCUT2D eigenvalue weighted by Crippen LogP contribution is -2.11. The zero-order valence-corrected chi connectivity index (χ0v) is 38.9. The van der Waals surface area contributed by atoms with Crippen LogP contribution in [0.25, 0.3) is 76.9 Å². The predicted molar refractivity (Wildman–Crippen MR) is 297 cm³/mol. The molecule has 0 amide bonds. The van der Waals surface area contributed by atoms with Crippen LogP contribution in [0, 0.1) is 22.7 Å². The van der Waals surface area contributed by atoms with Gasteiger partial charge in [-0.15, -0.1) is 0 Å². The molecule has 13 rings (SSSR count). The van der Waals surface area contributed by atoms with Crippen molar-refractivity contribution in [1.82, 2.24) is 9.13 Å². The number of rotatable bonds is 9. The number of anilines is 6. The first kappa shape index (κ1) is 42.0. The molecule has 0 saturated heterocycles. The number of aromatic nitrogens is 2. The molecule has 0 saturated carbocycles. The summed E-state index contributed by atoms with van der Waals surface area (Å²) in [5, 5.41) is 26.4. The van der Waals surface area contributed by atoms with Gasteiger partial charge in [-0.05, 0) is 156 Å². The number of hydrogen-bond donors (Lipinski definition) is 0. The molecule has 2 heterocycles. The fourth-order valence-corrected chi connectivity index (χ4v) is 10.7. The third kappa shape index (κ3) is 7.02. The Kier molecular flexibility index (Phi) is 10.2. The van der Waals surface area contributed by atoms with E-state index in [9.17, 15) is 10.5 Å². The number of para-hydroxylation sites is 4. The Morgan fingerprint density at radius 1 is 0.292 bits per heavy atom. The largest absolute Gasteiger partial charge is 0.310 e. The number of hydrogen-bond acceptors (Lipinski definition) is 4. The normalized spacial score (nSPS) is 11.3. The molecule has 0 bridgehead atoms. The van der Waals surface area contributed by atoms with Gasteiger partial charge in [0.1, 0.15) is 0 Å². The minimum Gasteiger partial charge on any atom is -0.310 e. The second kappa shape index (κ2) is 17.4. The second-order valence-electron chi connectivity index (χ2n) is 18.0. The lowest BCUT2D eigenvalue weighted by molar-refractivity contribution is 1.18. The number of benzene rings is 11. The highest BCUT2D eigenvalue weighted by atomic mass is 15.2. The van der Waals surface area contributed by atoms with Crippen LogP contribution < -0.4 is 9.80 Å². The highest BCUT2D eigenvalue weighted by Gasteiger charge is 2.22. The summed E-state index contributed by atoms with van der Waals surface area (Å²) in [4.78, 5) is 4.58. The van der Waals surface area contributed by atoms with E-state index >= 15 is 0 Å². The van der Waals surface area contributed by atoms with Gasteiger partial charge < -0.3 is 18.9 Å². The van der Waals surface area contributed by atoms with Crippen LogP contribution >= 0.6 is 0 Å². The van der Waals surface area contributed by atoms with Crippen LogP contribution in [0.15, 0.2) is 255 Å². The van der Waals surface area contributed by atoms with Crippen molar-refractivity contribution in [1.29, 1.82) is 10.5 Å². The molecule has 0 atom stereocenters. The number of nitriles is 2. The molecule has 2 aromatic heterocycles. The fourth-order valence-electron chi connectivity index (χ4n) is 10.7. The van der Waals surface area contributed by atoms with Crippen molar-refractivity contribution in [2.45, 2.75) is 0 Å². The molecule has 336 valence electrons. The Morgan fingerprint density at radius 3 is 1.18 bits per heavy atom. The minimum atomic E-state index is 0.609. The summed E-state index contributed by atoms with van der Waals surface area (Å²) in [6.07, 6.45) is 0. The highest BCUT2D eigenvalue weighted by Crippen LogP contribution is 2.45. The lowest BCUT2D eigenvalue weighted by atomic mass is 9.96. The molecule has 0 radical (unpaired) electrons. The topological polar surface area (TPSA) is 63.9 Å². The molecule has 0 aliphatic rings. The fraction of sp³-hybridized carbons (Fsp3) is 0. The van der Waals surface area contributed by atoms with Crippen molar-refractivity contribution in [2.24, 2.45) is 0 Å². The first-order valence-electron chi connectivity index (χ1n) is 24.0. The van der Waals surface area contributed by atoms with Gasteiger partial charge in [-0.3, -0.25) is 0 Å². The summed E-state index contributed by atoms with van der Waals surface area (Å²) in [5.74, 6) is 0. The molecule has 0 N–H and O–H groups in total. The van der Waals surface area contributed by atoms with Gasteiger partial charge in [-0.2, -0.15) is 10.5 Å². The van der Waals surface area contributed by atoms with Gasteiger partial charge in [0.05, 0.1) is 51.0 Å². The molecule has 0 unspecified atom stereocenters. The zero-order chi connectivity index (χ0) is 48.1. The van der Waals surface area contributed by atoms with Crippen molar-refractivity contribution in [3.63, 3.8) is 0 Å². The SMILES string of the molecule is N#Cc1ccc(N(c2ccc(-c3ccc(N(c4ccc(C#N)cc4)c4ccc5c(c4)c4ccccc4n5-c4ccccc4)c4ccccc34)cc2)c2ccc3c(c2)c2ccccc2n3-c2ccccc2)cc1. The van der Waals surface area contributed by atoms with Crippen LogP contribution in [0.3, 0.4) is 0 Å². The van der Waals surface area contributed by atoms with E-state index in [1.807, 2.05) is 48.5 Å². The van der Waals surface area contributed by atoms with E-state index in [1.54, 1.807) is 0 Å². The monoisotopic (exact) mass is 918 g/mol. The van der Waals surface area contributed by atoms with E-state index in [0.717, 1.165) is 100 Å². The number of fused-ring (bicyclic) bond motifs is 7. The standard InChI is InChI=1S/C66H42N6/c67-43-45-23-29-50(30-24-45)69(53-35-38-65-60(41-53)58-19-9-11-21-62(58)71(65)48-13-3-1-4-14-48)51-33-27-47(28-34-51)55-37-40-64(57-18-8-7-17-56(55)57)70(52-31-25-46(44-68)26-32-52)54-36-39-66-61(42-54)59-20-10-12-22-63(59)72(66)49-15-5-2-6-16-49/h1-42H. The number of nitrogens with zero attached hydrogens (tertiary/aromatic N) is 6. The maximum atomic E-state index is 9.81. The van der Waals surface area contributed by atoms with E-state index in [0.29, 0.717) is 11.1 Å². The summed E-state index contributed by atoms with van der Waals surface area (Å²) in [6, 6.07) is 93.8. The van der Waals surface area contributed by atoms with Crippen LogP contribution in [0.5, 0.6) is 0 Å². The molecule has 0 aliphatic carbocycles. The van der Waals surface area contributed by atoms with Gasteiger partial charge in [-0.25, -0.2) is 0 Å². The van der Waals surface area contributed by atoms with E-state index in [2.05, 4.69) is 237 Å². The van der Waals surface area contributed by atoms with Crippen molar-refractivity contribution in [3.05, 3.63) is 266 Å². The molecule has 13 aromatic rings. The molecular formula is C66H42N6.